The third-order valence-corrected chi connectivity index (χ3v) is 3.21. The van der Waals surface area contributed by atoms with Crippen molar-refractivity contribution in [3.05, 3.63) is 65.6 Å². The zero-order valence-electron chi connectivity index (χ0n) is 12.0. The van der Waals surface area contributed by atoms with E-state index in [1.165, 1.54) is 0 Å². The van der Waals surface area contributed by atoms with Gasteiger partial charge in [-0.2, -0.15) is 20.6 Å². The predicted octanol–water partition coefficient (Wildman–Crippen LogP) is 2.92. The van der Waals surface area contributed by atoms with Crippen LogP contribution in [0.4, 0.5) is 0 Å². The molecule has 0 saturated heterocycles. The molecule has 0 atom stereocenters. The van der Waals surface area contributed by atoms with Gasteiger partial charge in [-0.1, -0.05) is 24.3 Å². The summed E-state index contributed by atoms with van der Waals surface area (Å²) >= 11 is 0. The topological polar surface area (TPSA) is 67.4 Å². The van der Waals surface area contributed by atoms with Crippen LogP contribution in [-0.2, 0) is 7.05 Å². The minimum Gasteiger partial charge on any atom is -0.275 e. The average molecular weight is 287 g/mol. The monoisotopic (exact) mass is 287 g/mol. The Bertz CT molecular complexity index is 839. The van der Waals surface area contributed by atoms with Crippen LogP contribution in [0.5, 0.6) is 0 Å². The van der Waals surface area contributed by atoms with Gasteiger partial charge < -0.3 is 0 Å². The van der Waals surface area contributed by atoms with E-state index in [-0.39, 0.29) is 0 Å². The summed E-state index contributed by atoms with van der Waals surface area (Å²) in [6.45, 7) is 0. The molecular formula is C17H13N5. The number of benzene rings is 1. The molecule has 22 heavy (non-hydrogen) atoms. The van der Waals surface area contributed by atoms with Gasteiger partial charge in [-0.05, 0) is 23.8 Å². The Hall–Kier alpha value is -3.26. The van der Waals surface area contributed by atoms with Crippen LogP contribution < -0.4 is 0 Å². The standard InChI is InChI=1S/C17H13N5/c1-22-12-16(7-4-14-8-9-19-20-11-14)17(21-22)15-5-2-13(10-18)3-6-15/h2-9,11-12H,1H3. The van der Waals surface area contributed by atoms with E-state index in [0.29, 0.717) is 5.56 Å². The number of hydrogen-bond acceptors (Lipinski definition) is 4. The molecule has 0 spiro atoms. The molecule has 5 heteroatoms. The molecule has 0 fully saturated rings. The van der Waals surface area contributed by atoms with Crippen LogP contribution in [0.3, 0.4) is 0 Å². The van der Waals surface area contributed by atoms with Crippen molar-refractivity contribution in [2.75, 3.05) is 0 Å². The molecule has 0 aliphatic heterocycles. The Morgan fingerprint density at radius 2 is 1.91 bits per heavy atom. The quantitative estimate of drug-likeness (QED) is 0.742. The van der Waals surface area contributed by atoms with Crippen molar-refractivity contribution in [1.82, 2.24) is 20.0 Å². The van der Waals surface area contributed by atoms with Gasteiger partial charge in [-0.3, -0.25) is 4.68 Å². The Labute approximate surface area is 128 Å². The molecule has 0 unspecified atom stereocenters. The lowest BCUT2D eigenvalue weighted by atomic mass is 10.1. The van der Waals surface area contributed by atoms with Gasteiger partial charge >= 0.3 is 0 Å². The maximum atomic E-state index is 8.88. The summed E-state index contributed by atoms with van der Waals surface area (Å²) in [5, 5.41) is 21.0. The fraction of sp³-hybridized carbons (Fsp3) is 0.0588. The normalized spacial score (nSPS) is 10.7. The number of nitrogens with zero attached hydrogens (tertiary/aromatic N) is 5. The highest BCUT2D eigenvalue weighted by Gasteiger charge is 2.08. The lowest BCUT2D eigenvalue weighted by molar-refractivity contribution is 0.771. The summed E-state index contributed by atoms with van der Waals surface area (Å²) in [7, 11) is 1.89. The molecule has 0 radical (unpaired) electrons. The van der Waals surface area contributed by atoms with Gasteiger partial charge in [0.2, 0.25) is 0 Å². The van der Waals surface area contributed by atoms with Crippen molar-refractivity contribution < 1.29 is 0 Å². The van der Waals surface area contributed by atoms with Gasteiger partial charge in [0.05, 0.1) is 29.7 Å². The molecule has 3 aromatic rings. The Morgan fingerprint density at radius 1 is 1.09 bits per heavy atom. The van der Waals surface area contributed by atoms with Crippen LogP contribution in [0, 0.1) is 11.3 Å². The highest BCUT2D eigenvalue weighted by atomic mass is 15.2. The second kappa shape index (κ2) is 6.02. The maximum absolute atomic E-state index is 8.88. The van der Waals surface area contributed by atoms with Crippen LogP contribution >= 0.6 is 0 Å². The average Bonchev–Trinajstić information content (AvgIpc) is 2.95. The van der Waals surface area contributed by atoms with E-state index >= 15 is 0 Å². The minimum atomic E-state index is 0.639. The van der Waals surface area contributed by atoms with Crippen LogP contribution in [0.2, 0.25) is 0 Å². The van der Waals surface area contributed by atoms with E-state index in [9.17, 15) is 0 Å². The van der Waals surface area contributed by atoms with E-state index in [1.54, 1.807) is 29.2 Å². The van der Waals surface area contributed by atoms with Crippen molar-refractivity contribution in [3.8, 4) is 17.3 Å². The lowest BCUT2D eigenvalue weighted by Crippen LogP contribution is -1.88. The highest BCUT2D eigenvalue weighted by molar-refractivity contribution is 5.78. The number of nitriles is 1. The smallest absolute Gasteiger partial charge is 0.0995 e. The highest BCUT2D eigenvalue weighted by Crippen LogP contribution is 2.24. The van der Waals surface area contributed by atoms with Crippen molar-refractivity contribution >= 4 is 12.2 Å². The predicted molar refractivity (Wildman–Crippen MR) is 84.3 cm³/mol. The number of rotatable bonds is 3. The first-order chi connectivity index (χ1) is 10.8. The van der Waals surface area contributed by atoms with Gasteiger partial charge in [-0.25, -0.2) is 0 Å². The van der Waals surface area contributed by atoms with Crippen molar-refractivity contribution in [2.24, 2.45) is 7.05 Å². The summed E-state index contributed by atoms with van der Waals surface area (Å²) in [5.74, 6) is 0. The van der Waals surface area contributed by atoms with E-state index in [0.717, 1.165) is 22.4 Å². The number of aromatic nitrogens is 4. The summed E-state index contributed by atoms with van der Waals surface area (Å²) in [4.78, 5) is 0. The molecule has 0 saturated carbocycles. The molecule has 2 aromatic heterocycles. The molecule has 1 aromatic carbocycles. The van der Waals surface area contributed by atoms with Gasteiger partial charge in [-0.15, -0.1) is 0 Å². The van der Waals surface area contributed by atoms with Crippen LogP contribution in [0.25, 0.3) is 23.4 Å². The van der Waals surface area contributed by atoms with E-state index in [4.69, 9.17) is 5.26 Å². The fourth-order valence-corrected chi connectivity index (χ4v) is 2.14. The molecular weight excluding hydrogens is 274 g/mol. The third-order valence-electron chi connectivity index (χ3n) is 3.21. The van der Waals surface area contributed by atoms with Gasteiger partial charge in [0.15, 0.2) is 0 Å². The summed E-state index contributed by atoms with van der Waals surface area (Å²) in [5.41, 5.74) is 4.48. The van der Waals surface area contributed by atoms with Crippen molar-refractivity contribution in [2.45, 2.75) is 0 Å². The molecule has 0 amide bonds. The van der Waals surface area contributed by atoms with E-state index in [2.05, 4.69) is 21.4 Å². The molecule has 0 bridgehead atoms. The van der Waals surface area contributed by atoms with Gasteiger partial charge in [0.1, 0.15) is 0 Å². The molecule has 5 nitrogen and oxygen atoms in total. The summed E-state index contributed by atoms with van der Waals surface area (Å²) in [6.07, 6.45) is 9.29. The zero-order valence-corrected chi connectivity index (χ0v) is 12.0. The van der Waals surface area contributed by atoms with E-state index < -0.39 is 0 Å². The molecule has 0 N–H and O–H groups in total. The summed E-state index contributed by atoms with van der Waals surface area (Å²) in [6, 6.07) is 11.4. The lowest BCUT2D eigenvalue weighted by Gasteiger charge is -1.99. The molecule has 106 valence electrons. The van der Waals surface area contributed by atoms with Crippen LogP contribution in [0.1, 0.15) is 16.7 Å². The van der Waals surface area contributed by atoms with Crippen LogP contribution in [-0.4, -0.2) is 20.0 Å². The summed E-state index contributed by atoms with van der Waals surface area (Å²) < 4.78 is 1.78. The minimum absolute atomic E-state index is 0.639. The molecule has 2 heterocycles. The SMILES string of the molecule is Cn1cc(C=Cc2ccnnc2)c(-c2ccc(C#N)cc2)n1. The molecule has 0 aliphatic rings. The fourth-order valence-electron chi connectivity index (χ4n) is 2.14. The van der Waals surface area contributed by atoms with Gasteiger partial charge in [0.25, 0.3) is 0 Å². The molecule has 3 rings (SSSR count). The second-order valence-electron chi connectivity index (χ2n) is 4.80. The second-order valence-corrected chi connectivity index (χ2v) is 4.80. The first kappa shape index (κ1) is 13.7. The first-order valence-electron chi connectivity index (χ1n) is 6.75. The van der Waals surface area contributed by atoms with Crippen molar-refractivity contribution in [3.63, 3.8) is 0 Å². The Balaban J connectivity index is 1.96. The number of aryl methyl sites for hydroxylation is 1. The Morgan fingerprint density at radius 3 is 2.59 bits per heavy atom. The molecule has 0 aliphatic carbocycles. The van der Waals surface area contributed by atoms with Gasteiger partial charge in [0, 0.05) is 24.4 Å². The van der Waals surface area contributed by atoms with Crippen molar-refractivity contribution in [1.29, 1.82) is 5.26 Å². The maximum Gasteiger partial charge on any atom is 0.0995 e. The third kappa shape index (κ3) is 2.91. The van der Waals surface area contributed by atoms with Crippen LogP contribution in [0.15, 0.2) is 48.9 Å². The first-order valence-corrected chi connectivity index (χ1v) is 6.75. The largest absolute Gasteiger partial charge is 0.275 e. The number of hydrogen-bond donors (Lipinski definition) is 0. The zero-order chi connectivity index (χ0) is 15.4. The Kier molecular flexibility index (Phi) is 3.75. The van der Waals surface area contributed by atoms with E-state index in [1.807, 2.05) is 43.6 Å².